The lowest BCUT2D eigenvalue weighted by atomic mass is 10.0. The van der Waals surface area contributed by atoms with Crippen molar-refractivity contribution in [1.29, 1.82) is 0 Å². The smallest absolute Gasteiger partial charge is 0.256 e. The summed E-state index contributed by atoms with van der Waals surface area (Å²) in [4.78, 5) is 12.0. The average Bonchev–Trinajstić information content (AvgIpc) is 2.76. The van der Waals surface area contributed by atoms with Crippen LogP contribution in [-0.2, 0) is 4.79 Å². The molecule has 3 nitrogen and oxygen atoms in total. The second-order valence-electron chi connectivity index (χ2n) is 5.44. The van der Waals surface area contributed by atoms with Crippen LogP contribution in [-0.4, -0.2) is 12.0 Å². The molecule has 1 amide bonds. The van der Waals surface area contributed by atoms with Crippen LogP contribution in [0.5, 0.6) is 5.75 Å². The number of benzene rings is 2. The van der Waals surface area contributed by atoms with Crippen LogP contribution >= 0.6 is 0 Å². The van der Waals surface area contributed by atoms with Gasteiger partial charge in [0.1, 0.15) is 11.6 Å². The summed E-state index contributed by atoms with van der Waals surface area (Å²) in [5.41, 5.74) is 2.55. The van der Waals surface area contributed by atoms with Crippen LogP contribution in [0.1, 0.15) is 25.0 Å². The number of rotatable bonds is 3. The quantitative estimate of drug-likeness (QED) is 0.866. The minimum Gasteiger partial charge on any atom is -0.491 e. The van der Waals surface area contributed by atoms with Gasteiger partial charge in [-0.2, -0.15) is 0 Å². The van der Waals surface area contributed by atoms with E-state index >= 15 is 0 Å². The number of anilines is 1. The molecule has 2 aromatic rings. The molecule has 1 aliphatic heterocycles. The normalized spacial score (nSPS) is 15.1. The fourth-order valence-electron chi connectivity index (χ4n) is 2.39. The van der Waals surface area contributed by atoms with E-state index in [0.717, 1.165) is 11.3 Å². The Balaban J connectivity index is 1.92. The molecule has 112 valence electrons. The standard InChI is InChI=1S/C18H16FNO2/c1-11(2)22-14-6-3-12(4-7-14)9-16-15-10-13(19)5-8-17(15)20-18(16)21/h3-11H,1-2H3,(H,20,21)/b16-9+. The minimum absolute atomic E-state index is 0.111. The van der Waals surface area contributed by atoms with Gasteiger partial charge in [0.05, 0.1) is 6.10 Å². The van der Waals surface area contributed by atoms with Crippen LogP contribution in [0.25, 0.3) is 11.6 Å². The predicted molar refractivity (Wildman–Crippen MR) is 85.1 cm³/mol. The number of fused-ring (bicyclic) bond motifs is 1. The molecule has 1 N–H and O–H groups in total. The van der Waals surface area contributed by atoms with Gasteiger partial charge in [0.2, 0.25) is 0 Å². The van der Waals surface area contributed by atoms with Crippen molar-refractivity contribution in [2.24, 2.45) is 0 Å². The molecule has 2 aromatic carbocycles. The zero-order valence-corrected chi connectivity index (χ0v) is 12.4. The number of hydrogen-bond donors (Lipinski definition) is 1. The van der Waals surface area contributed by atoms with E-state index in [0.29, 0.717) is 16.8 Å². The van der Waals surface area contributed by atoms with E-state index in [9.17, 15) is 9.18 Å². The van der Waals surface area contributed by atoms with Gasteiger partial charge >= 0.3 is 0 Å². The predicted octanol–water partition coefficient (Wildman–Crippen LogP) is 4.11. The van der Waals surface area contributed by atoms with Crippen LogP contribution in [0.3, 0.4) is 0 Å². The van der Waals surface area contributed by atoms with E-state index in [1.54, 1.807) is 12.1 Å². The highest BCUT2D eigenvalue weighted by atomic mass is 19.1. The highest BCUT2D eigenvalue weighted by Gasteiger charge is 2.24. The summed E-state index contributed by atoms with van der Waals surface area (Å²) in [6.45, 7) is 3.93. The van der Waals surface area contributed by atoms with Crippen molar-refractivity contribution in [1.82, 2.24) is 0 Å². The Morgan fingerprint density at radius 3 is 2.55 bits per heavy atom. The summed E-state index contributed by atoms with van der Waals surface area (Å²) < 4.78 is 19.0. The third kappa shape index (κ3) is 2.86. The Bertz CT molecular complexity index is 748. The van der Waals surface area contributed by atoms with Gasteiger partial charge in [-0.05, 0) is 55.8 Å². The average molecular weight is 297 g/mol. The molecule has 0 aliphatic carbocycles. The Morgan fingerprint density at radius 1 is 1.14 bits per heavy atom. The van der Waals surface area contributed by atoms with E-state index in [-0.39, 0.29) is 17.8 Å². The highest BCUT2D eigenvalue weighted by molar-refractivity contribution is 6.34. The summed E-state index contributed by atoms with van der Waals surface area (Å²) in [5, 5.41) is 2.73. The van der Waals surface area contributed by atoms with E-state index in [2.05, 4.69) is 5.32 Å². The molecule has 22 heavy (non-hydrogen) atoms. The Kier molecular flexibility index (Phi) is 3.67. The lowest BCUT2D eigenvalue weighted by Crippen LogP contribution is -2.05. The van der Waals surface area contributed by atoms with Gasteiger partial charge in [-0.25, -0.2) is 4.39 Å². The van der Waals surface area contributed by atoms with Crippen molar-refractivity contribution in [3.8, 4) is 5.75 Å². The number of nitrogens with one attached hydrogen (secondary N) is 1. The molecular weight excluding hydrogens is 281 g/mol. The molecule has 1 heterocycles. The van der Waals surface area contributed by atoms with E-state index in [4.69, 9.17) is 4.74 Å². The first-order valence-corrected chi connectivity index (χ1v) is 7.12. The summed E-state index contributed by atoms with van der Waals surface area (Å²) in [7, 11) is 0. The monoisotopic (exact) mass is 297 g/mol. The van der Waals surface area contributed by atoms with Gasteiger partial charge < -0.3 is 10.1 Å². The van der Waals surface area contributed by atoms with Crippen molar-refractivity contribution in [2.45, 2.75) is 20.0 Å². The van der Waals surface area contributed by atoms with Crippen molar-refractivity contribution < 1.29 is 13.9 Å². The number of hydrogen-bond acceptors (Lipinski definition) is 2. The largest absolute Gasteiger partial charge is 0.491 e. The molecule has 0 atom stereocenters. The number of carbonyl (C=O) groups is 1. The lowest BCUT2D eigenvalue weighted by molar-refractivity contribution is -0.110. The summed E-state index contributed by atoms with van der Waals surface area (Å²) in [6.07, 6.45) is 1.86. The number of carbonyl (C=O) groups excluding carboxylic acids is 1. The maximum absolute atomic E-state index is 13.4. The lowest BCUT2D eigenvalue weighted by Gasteiger charge is -2.09. The second kappa shape index (κ2) is 5.64. The zero-order chi connectivity index (χ0) is 15.7. The first kappa shape index (κ1) is 14.3. The maximum Gasteiger partial charge on any atom is 0.256 e. The molecule has 0 unspecified atom stereocenters. The van der Waals surface area contributed by atoms with Crippen LogP contribution in [0.2, 0.25) is 0 Å². The zero-order valence-electron chi connectivity index (χ0n) is 12.4. The molecule has 0 bridgehead atoms. The Hall–Kier alpha value is -2.62. The number of ether oxygens (including phenoxy) is 1. The van der Waals surface area contributed by atoms with Crippen molar-refractivity contribution in [3.05, 3.63) is 59.4 Å². The molecule has 0 spiro atoms. The van der Waals surface area contributed by atoms with E-state index < -0.39 is 0 Å². The fraction of sp³-hybridized carbons (Fsp3) is 0.167. The van der Waals surface area contributed by atoms with Crippen LogP contribution in [0.15, 0.2) is 42.5 Å². The number of amides is 1. The van der Waals surface area contributed by atoms with Crippen LogP contribution in [0, 0.1) is 5.82 Å². The maximum atomic E-state index is 13.4. The molecule has 0 radical (unpaired) electrons. The molecule has 4 heteroatoms. The first-order valence-electron chi connectivity index (χ1n) is 7.12. The van der Waals surface area contributed by atoms with E-state index in [1.807, 2.05) is 38.1 Å². The SMILES string of the molecule is CC(C)Oc1ccc(/C=C2/C(=O)Nc3ccc(F)cc32)cc1. The van der Waals surface area contributed by atoms with Crippen molar-refractivity contribution in [3.63, 3.8) is 0 Å². The third-order valence-electron chi connectivity index (χ3n) is 3.33. The summed E-state index contributed by atoms with van der Waals surface area (Å²) >= 11 is 0. The fourth-order valence-corrected chi connectivity index (χ4v) is 2.39. The molecule has 0 fully saturated rings. The van der Waals surface area contributed by atoms with Crippen LogP contribution < -0.4 is 10.1 Å². The van der Waals surface area contributed by atoms with Gasteiger partial charge in [0.15, 0.2) is 0 Å². The van der Waals surface area contributed by atoms with Gasteiger partial charge in [-0.1, -0.05) is 12.1 Å². The van der Waals surface area contributed by atoms with Crippen molar-refractivity contribution >= 4 is 23.2 Å². The molecule has 1 aliphatic rings. The van der Waals surface area contributed by atoms with Gasteiger partial charge in [0, 0.05) is 16.8 Å². The summed E-state index contributed by atoms with van der Waals surface area (Å²) in [5.74, 6) is 0.199. The molecule has 0 aromatic heterocycles. The number of halogens is 1. The molecular formula is C18H16FNO2. The van der Waals surface area contributed by atoms with Crippen LogP contribution in [0.4, 0.5) is 10.1 Å². The third-order valence-corrected chi connectivity index (χ3v) is 3.33. The molecule has 0 saturated carbocycles. The van der Waals surface area contributed by atoms with Gasteiger partial charge in [-0.15, -0.1) is 0 Å². The minimum atomic E-state index is -0.359. The Morgan fingerprint density at radius 2 is 1.86 bits per heavy atom. The molecule has 0 saturated heterocycles. The topological polar surface area (TPSA) is 38.3 Å². The highest BCUT2D eigenvalue weighted by Crippen LogP contribution is 2.33. The van der Waals surface area contributed by atoms with Crippen molar-refractivity contribution in [2.75, 3.05) is 5.32 Å². The van der Waals surface area contributed by atoms with Gasteiger partial charge in [0.25, 0.3) is 5.91 Å². The van der Waals surface area contributed by atoms with Gasteiger partial charge in [-0.3, -0.25) is 4.79 Å². The Labute approximate surface area is 128 Å². The first-order chi connectivity index (χ1) is 10.5. The summed E-state index contributed by atoms with van der Waals surface area (Å²) in [6, 6.07) is 11.7. The molecule has 3 rings (SSSR count). The van der Waals surface area contributed by atoms with E-state index in [1.165, 1.54) is 12.1 Å². The second-order valence-corrected chi connectivity index (χ2v) is 5.44.